The number of hydrogen-bond acceptors (Lipinski definition) is 2. The van der Waals surface area contributed by atoms with Gasteiger partial charge in [-0.3, -0.25) is 0 Å². The third-order valence-electron chi connectivity index (χ3n) is 3.08. The summed E-state index contributed by atoms with van der Waals surface area (Å²) in [6, 6.07) is 8.55. The number of aryl methyl sites for hydroxylation is 1. The summed E-state index contributed by atoms with van der Waals surface area (Å²) >= 11 is 0. The minimum absolute atomic E-state index is 0.949. The first-order valence-electron chi connectivity index (χ1n) is 6.21. The van der Waals surface area contributed by atoms with Crippen molar-refractivity contribution in [1.82, 2.24) is 15.2 Å². The third-order valence-corrected chi connectivity index (χ3v) is 3.08. The van der Waals surface area contributed by atoms with Gasteiger partial charge in [0.05, 0.1) is 0 Å². The number of fused-ring (bicyclic) bond motifs is 1. The standard InChI is InChI=1S/C14H21N3/c1-15-8-5-9-16-10-12-11-17(2)14-7-4-3-6-13(12)14/h3-4,6-7,11,15-16H,5,8-10H2,1-2H3. The molecule has 3 heteroatoms. The van der Waals surface area contributed by atoms with Gasteiger partial charge in [-0.15, -0.1) is 0 Å². The molecule has 0 aliphatic rings. The molecule has 1 heterocycles. The largest absolute Gasteiger partial charge is 0.350 e. The van der Waals surface area contributed by atoms with Gasteiger partial charge in [0.15, 0.2) is 0 Å². The molecule has 1 aromatic heterocycles. The van der Waals surface area contributed by atoms with Crippen LogP contribution in [0, 0.1) is 0 Å². The molecule has 0 saturated carbocycles. The van der Waals surface area contributed by atoms with Gasteiger partial charge in [0.25, 0.3) is 0 Å². The molecule has 2 rings (SSSR count). The topological polar surface area (TPSA) is 29.0 Å². The molecule has 17 heavy (non-hydrogen) atoms. The number of aromatic nitrogens is 1. The third kappa shape index (κ3) is 2.87. The summed E-state index contributed by atoms with van der Waals surface area (Å²) in [5.74, 6) is 0. The van der Waals surface area contributed by atoms with Crippen LogP contribution in [0.2, 0.25) is 0 Å². The smallest absolute Gasteiger partial charge is 0.0481 e. The maximum atomic E-state index is 3.49. The Labute approximate surface area is 103 Å². The normalized spacial score (nSPS) is 11.2. The zero-order valence-electron chi connectivity index (χ0n) is 10.7. The average Bonchev–Trinajstić information content (AvgIpc) is 2.67. The fraction of sp³-hybridized carbons (Fsp3) is 0.429. The van der Waals surface area contributed by atoms with Crippen molar-refractivity contribution in [2.45, 2.75) is 13.0 Å². The van der Waals surface area contributed by atoms with Crippen molar-refractivity contribution in [3.05, 3.63) is 36.0 Å². The first-order valence-corrected chi connectivity index (χ1v) is 6.21. The van der Waals surface area contributed by atoms with E-state index in [9.17, 15) is 0 Å². The highest BCUT2D eigenvalue weighted by Gasteiger charge is 2.04. The summed E-state index contributed by atoms with van der Waals surface area (Å²) in [7, 11) is 4.09. The predicted octanol–water partition coefficient (Wildman–Crippen LogP) is 1.88. The Morgan fingerprint density at radius 2 is 2.00 bits per heavy atom. The van der Waals surface area contributed by atoms with Crippen LogP contribution >= 0.6 is 0 Å². The van der Waals surface area contributed by atoms with Crippen LogP contribution < -0.4 is 10.6 Å². The van der Waals surface area contributed by atoms with Crippen LogP contribution in [0.25, 0.3) is 10.9 Å². The first kappa shape index (κ1) is 12.1. The van der Waals surface area contributed by atoms with Crippen molar-refractivity contribution < 1.29 is 0 Å². The summed E-state index contributed by atoms with van der Waals surface area (Å²) in [5.41, 5.74) is 2.69. The summed E-state index contributed by atoms with van der Waals surface area (Å²) < 4.78 is 2.19. The quantitative estimate of drug-likeness (QED) is 0.743. The summed E-state index contributed by atoms with van der Waals surface area (Å²) in [5, 5.41) is 8.00. The van der Waals surface area contributed by atoms with Crippen molar-refractivity contribution >= 4 is 10.9 Å². The Hall–Kier alpha value is -1.32. The number of hydrogen-bond donors (Lipinski definition) is 2. The van der Waals surface area contributed by atoms with Gasteiger partial charge in [-0.1, -0.05) is 18.2 Å². The van der Waals surface area contributed by atoms with E-state index in [2.05, 4.69) is 52.7 Å². The zero-order valence-corrected chi connectivity index (χ0v) is 10.7. The molecular weight excluding hydrogens is 210 g/mol. The van der Waals surface area contributed by atoms with Crippen LogP contribution in [0.1, 0.15) is 12.0 Å². The second-order valence-corrected chi connectivity index (χ2v) is 4.42. The van der Waals surface area contributed by atoms with E-state index in [1.807, 2.05) is 7.05 Å². The van der Waals surface area contributed by atoms with Gasteiger partial charge >= 0.3 is 0 Å². The second-order valence-electron chi connectivity index (χ2n) is 4.42. The average molecular weight is 231 g/mol. The molecule has 0 radical (unpaired) electrons. The van der Waals surface area contributed by atoms with Crippen LogP contribution in [-0.4, -0.2) is 24.7 Å². The Bertz CT molecular complexity index is 473. The van der Waals surface area contributed by atoms with Crippen LogP contribution in [-0.2, 0) is 13.6 Å². The molecule has 2 N–H and O–H groups in total. The van der Waals surface area contributed by atoms with Crippen molar-refractivity contribution in [2.75, 3.05) is 20.1 Å². The highest BCUT2D eigenvalue weighted by molar-refractivity contribution is 5.83. The lowest BCUT2D eigenvalue weighted by atomic mass is 10.2. The maximum absolute atomic E-state index is 3.49. The van der Waals surface area contributed by atoms with Crippen molar-refractivity contribution in [3.63, 3.8) is 0 Å². The van der Waals surface area contributed by atoms with Crippen molar-refractivity contribution in [3.8, 4) is 0 Å². The molecule has 0 fully saturated rings. The number of nitrogens with one attached hydrogen (secondary N) is 2. The molecular formula is C14H21N3. The molecule has 1 aromatic carbocycles. The van der Waals surface area contributed by atoms with E-state index in [0.29, 0.717) is 0 Å². The van der Waals surface area contributed by atoms with E-state index in [1.54, 1.807) is 0 Å². The van der Waals surface area contributed by atoms with E-state index >= 15 is 0 Å². The van der Waals surface area contributed by atoms with E-state index in [-0.39, 0.29) is 0 Å². The fourth-order valence-electron chi connectivity index (χ4n) is 2.18. The second kappa shape index (κ2) is 5.84. The minimum Gasteiger partial charge on any atom is -0.350 e. The van der Waals surface area contributed by atoms with Gasteiger partial charge in [0, 0.05) is 30.7 Å². The molecule has 2 aromatic rings. The lowest BCUT2D eigenvalue weighted by Gasteiger charge is -2.03. The Kier molecular flexibility index (Phi) is 4.18. The fourth-order valence-corrected chi connectivity index (χ4v) is 2.18. The molecule has 0 saturated heterocycles. The van der Waals surface area contributed by atoms with Crippen LogP contribution in [0.15, 0.2) is 30.5 Å². The molecule has 0 amide bonds. The summed E-state index contributed by atoms with van der Waals surface area (Å²) in [6.45, 7) is 3.08. The van der Waals surface area contributed by atoms with Crippen molar-refractivity contribution in [2.24, 2.45) is 7.05 Å². The molecule has 0 unspecified atom stereocenters. The number of rotatable bonds is 6. The minimum atomic E-state index is 0.949. The lowest BCUT2D eigenvalue weighted by molar-refractivity contribution is 0.626. The molecule has 0 bridgehead atoms. The molecule has 0 aliphatic carbocycles. The van der Waals surface area contributed by atoms with Gasteiger partial charge in [-0.2, -0.15) is 0 Å². The highest BCUT2D eigenvalue weighted by atomic mass is 14.9. The SMILES string of the molecule is CNCCCNCc1cn(C)c2ccccc12. The van der Waals surface area contributed by atoms with Gasteiger partial charge in [0.2, 0.25) is 0 Å². The Morgan fingerprint density at radius 1 is 1.18 bits per heavy atom. The molecule has 0 spiro atoms. The van der Waals surface area contributed by atoms with Crippen molar-refractivity contribution in [1.29, 1.82) is 0 Å². The summed E-state index contributed by atoms with van der Waals surface area (Å²) in [4.78, 5) is 0. The number of para-hydroxylation sites is 1. The van der Waals surface area contributed by atoms with Gasteiger partial charge < -0.3 is 15.2 Å². The maximum Gasteiger partial charge on any atom is 0.0481 e. The summed E-state index contributed by atoms with van der Waals surface area (Å²) in [6.07, 6.45) is 3.39. The highest BCUT2D eigenvalue weighted by Crippen LogP contribution is 2.19. The van der Waals surface area contributed by atoms with Gasteiger partial charge in [-0.05, 0) is 38.2 Å². The lowest BCUT2D eigenvalue weighted by Crippen LogP contribution is -2.19. The zero-order chi connectivity index (χ0) is 12.1. The van der Waals surface area contributed by atoms with Crippen LogP contribution in [0.5, 0.6) is 0 Å². The van der Waals surface area contributed by atoms with E-state index in [4.69, 9.17) is 0 Å². The molecule has 0 atom stereocenters. The Balaban J connectivity index is 1.99. The van der Waals surface area contributed by atoms with Crippen LogP contribution in [0.4, 0.5) is 0 Å². The molecule has 92 valence electrons. The predicted molar refractivity (Wildman–Crippen MR) is 73.2 cm³/mol. The van der Waals surface area contributed by atoms with Gasteiger partial charge in [0.1, 0.15) is 0 Å². The monoisotopic (exact) mass is 231 g/mol. The molecule has 0 aliphatic heterocycles. The van der Waals surface area contributed by atoms with E-state index < -0.39 is 0 Å². The van der Waals surface area contributed by atoms with E-state index in [0.717, 1.165) is 19.6 Å². The number of nitrogens with zero attached hydrogens (tertiary/aromatic N) is 1. The van der Waals surface area contributed by atoms with Crippen LogP contribution in [0.3, 0.4) is 0 Å². The number of benzene rings is 1. The van der Waals surface area contributed by atoms with Gasteiger partial charge in [-0.25, -0.2) is 0 Å². The molecule has 3 nitrogen and oxygen atoms in total. The van der Waals surface area contributed by atoms with E-state index in [1.165, 1.54) is 22.9 Å². The Morgan fingerprint density at radius 3 is 2.82 bits per heavy atom. The first-order chi connectivity index (χ1) is 8.33.